The second kappa shape index (κ2) is 7.51. The van der Waals surface area contributed by atoms with E-state index in [2.05, 4.69) is 15.3 Å². The molecule has 28 heavy (non-hydrogen) atoms. The fraction of sp³-hybridized carbons (Fsp3) is 0.200. The Morgan fingerprint density at radius 3 is 2.71 bits per heavy atom. The quantitative estimate of drug-likeness (QED) is 0.475. The summed E-state index contributed by atoms with van der Waals surface area (Å²) in [6.45, 7) is 2.67. The summed E-state index contributed by atoms with van der Waals surface area (Å²) in [5, 5.41) is 13.3. The van der Waals surface area contributed by atoms with Crippen LogP contribution in [0.25, 0.3) is 22.4 Å². The molecule has 0 spiro atoms. The fourth-order valence-corrected chi connectivity index (χ4v) is 2.97. The molecule has 0 amide bonds. The van der Waals surface area contributed by atoms with E-state index in [1.165, 1.54) is 7.11 Å². The second-order valence-corrected chi connectivity index (χ2v) is 5.95. The number of hydrogen-bond donors (Lipinski definition) is 0. The largest absolute Gasteiger partial charge is 0.493 e. The smallest absolute Gasteiger partial charge is 0.359 e. The van der Waals surface area contributed by atoms with E-state index in [0.717, 1.165) is 11.1 Å². The van der Waals surface area contributed by atoms with Crippen molar-refractivity contribution in [2.75, 3.05) is 13.7 Å². The summed E-state index contributed by atoms with van der Waals surface area (Å²) in [5.41, 5.74) is 1.75. The van der Waals surface area contributed by atoms with Gasteiger partial charge in [-0.15, -0.1) is 10.2 Å². The van der Waals surface area contributed by atoms with Crippen molar-refractivity contribution in [3.63, 3.8) is 0 Å². The van der Waals surface area contributed by atoms with E-state index in [9.17, 15) is 4.79 Å². The normalized spacial score (nSPS) is 10.9. The van der Waals surface area contributed by atoms with Gasteiger partial charge < -0.3 is 13.9 Å². The van der Waals surface area contributed by atoms with Crippen LogP contribution in [-0.2, 0) is 11.3 Å². The maximum Gasteiger partial charge on any atom is 0.359 e. The number of nitrogens with zero attached hydrogens (tertiary/aromatic N) is 4. The number of para-hydroxylation sites is 2. The first-order chi connectivity index (χ1) is 13.7. The molecule has 0 atom stereocenters. The van der Waals surface area contributed by atoms with E-state index < -0.39 is 5.97 Å². The average Bonchev–Trinajstić information content (AvgIpc) is 3.34. The molecule has 4 rings (SSSR count). The zero-order chi connectivity index (χ0) is 19.5. The molecule has 0 bridgehead atoms. The Bertz CT molecular complexity index is 1130. The van der Waals surface area contributed by atoms with Gasteiger partial charge in [0, 0.05) is 5.39 Å². The third kappa shape index (κ3) is 3.20. The summed E-state index contributed by atoms with van der Waals surface area (Å²) < 4.78 is 17.9. The molecule has 0 aliphatic heterocycles. The molecule has 0 N–H and O–H groups in total. The van der Waals surface area contributed by atoms with E-state index in [4.69, 9.17) is 13.9 Å². The van der Waals surface area contributed by atoms with Gasteiger partial charge in [0.15, 0.2) is 5.69 Å². The number of aromatic nitrogens is 4. The van der Waals surface area contributed by atoms with Crippen LogP contribution in [0, 0.1) is 0 Å². The van der Waals surface area contributed by atoms with Gasteiger partial charge in [-0.25, -0.2) is 4.79 Å². The van der Waals surface area contributed by atoms with E-state index in [-0.39, 0.29) is 12.2 Å². The van der Waals surface area contributed by atoms with Crippen molar-refractivity contribution in [1.29, 1.82) is 0 Å². The molecule has 0 aliphatic rings. The highest BCUT2D eigenvalue weighted by atomic mass is 16.5. The van der Waals surface area contributed by atoms with E-state index >= 15 is 0 Å². The Labute approximate surface area is 160 Å². The highest BCUT2D eigenvalue weighted by Crippen LogP contribution is 2.29. The molecule has 0 radical (unpaired) electrons. The van der Waals surface area contributed by atoms with Gasteiger partial charge in [-0.05, 0) is 25.1 Å². The molecule has 2 aromatic heterocycles. The second-order valence-electron chi connectivity index (χ2n) is 5.95. The molecule has 2 heterocycles. The first-order valence-corrected chi connectivity index (χ1v) is 8.79. The summed E-state index contributed by atoms with van der Waals surface area (Å²) >= 11 is 0. The minimum absolute atomic E-state index is 0.224. The van der Waals surface area contributed by atoms with Crippen LogP contribution in [-0.4, -0.2) is 39.7 Å². The van der Waals surface area contributed by atoms with Gasteiger partial charge in [-0.1, -0.05) is 30.3 Å². The number of methoxy groups -OCH3 is 1. The number of carbonyl (C=O) groups excluding carboxylic acids is 1. The van der Waals surface area contributed by atoms with Gasteiger partial charge >= 0.3 is 5.97 Å². The molecule has 0 unspecified atom stereocenters. The molecule has 0 aliphatic carbocycles. The molecule has 2 aromatic carbocycles. The number of ether oxygens (including phenoxy) is 2. The molecule has 0 saturated carbocycles. The van der Waals surface area contributed by atoms with Gasteiger partial charge in [-0.3, -0.25) is 4.68 Å². The molecular formula is C20H18N4O4. The number of rotatable bonds is 6. The standard InChI is InChI=1S/C20H18N4O4/c1-3-27-16-11-7-5-9-14(16)19-22-21-17(28-19)12-24-15-10-6-4-8-13(15)18(23-24)20(25)26-2/h4-11H,3,12H2,1-2H3. The predicted molar refractivity (Wildman–Crippen MR) is 101 cm³/mol. The third-order valence-electron chi connectivity index (χ3n) is 4.21. The van der Waals surface area contributed by atoms with Crippen molar-refractivity contribution >= 4 is 16.9 Å². The zero-order valence-corrected chi connectivity index (χ0v) is 15.5. The van der Waals surface area contributed by atoms with Crippen LogP contribution >= 0.6 is 0 Å². The summed E-state index contributed by atoms with van der Waals surface area (Å²) in [5.74, 6) is 0.916. The lowest BCUT2D eigenvalue weighted by molar-refractivity contribution is 0.0595. The van der Waals surface area contributed by atoms with Crippen LogP contribution in [0.15, 0.2) is 52.9 Å². The lowest BCUT2D eigenvalue weighted by Crippen LogP contribution is -2.06. The maximum absolute atomic E-state index is 12.0. The van der Waals surface area contributed by atoms with Crippen LogP contribution in [0.4, 0.5) is 0 Å². The summed E-state index contributed by atoms with van der Waals surface area (Å²) in [7, 11) is 1.33. The SMILES string of the molecule is CCOc1ccccc1-c1nnc(Cn2nc(C(=O)OC)c3ccccc32)o1. The number of fused-ring (bicyclic) bond motifs is 1. The Morgan fingerprint density at radius 1 is 1.11 bits per heavy atom. The van der Waals surface area contributed by atoms with E-state index in [1.807, 2.05) is 55.5 Å². The van der Waals surface area contributed by atoms with Crippen molar-refractivity contribution in [3.05, 3.63) is 60.1 Å². The van der Waals surface area contributed by atoms with Gasteiger partial charge in [0.05, 0.1) is 24.8 Å². The molecule has 0 fully saturated rings. The molecular weight excluding hydrogens is 360 g/mol. The number of hydrogen-bond acceptors (Lipinski definition) is 7. The first-order valence-electron chi connectivity index (χ1n) is 8.79. The van der Waals surface area contributed by atoms with Crippen molar-refractivity contribution in [2.45, 2.75) is 13.5 Å². The lowest BCUT2D eigenvalue weighted by Gasteiger charge is -2.06. The minimum Gasteiger partial charge on any atom is -0.493 e. The Kier molecular flexibility index (Phi) is 4.76. The molecule has 142 valence electrons. The summed E-state index contributed by atoms with van der Waals surface area (Å²) in [6, 6.07) is 14.9. The fourth-order valence-electron chi connectivity index (χ4n) is 2.97. The topological polar surface area (TPSA) is 92.3 Å². The zero-order valence-electron chi connectivity index (χ0n) is 15.5. The van der Waals surface area contributed by atoms with Crippen LogP contribution in [0.2, 0.25) is 0 Å². The monoisotopic (exact) mass is 378 g/mol. The highest BCUT2D eigenvalue weighted by molar-refractivity contribution is 6.02. The van der Waals surface area contributed by atoms with Gasteiger partial charge in [0.2, 0.25) is 5.89 Å². The molecule has 4 aromatic rings. The van der Waals surface area contributed by atoms with Gasteiger partial charge in [0.25, 0.3) is 5.89 Å². The minimum atomic E-state index is -0.494. The Balaban J connectivity index is 1.68. The van der Waals surface area contributed by atoms with Crippen molar-refractivity contribution in [3.8, 4) is 17.2 Å². The van der Waals surface area contributed by atoms with Crippen LogP contribution in [0.3, 0.4) is 0 Å². The number of esters is 1. The van der Waals surface area contributed by atoms with Crippen molar-refractivity contribution in [2.24, 2.45) is 0 Å². The van der Waals surface area contributed by atoms with Crippen LogP contribution in [0.5, 0.6) is 5.75 Å². The van der Waals surface area contributed by atoms with Crippen molar-refractivity contribution < 1.29 is 18.7 Å². The van der Waals surface area contributed by atoms with Gasteiger partial charge in [-0.2, -0.15) is 5.10 Å². The molecule has 0 saturated heterocycles. The van der Waals surface area contributed by atoms with Gasteiger partial charge in [0.1, 0.15) is 12.3 Å². The molecule has 8 nitrogen and oxygen atoms in total. The number of benzene rings is 2. The molecule has 8 heteroatoms. The van der Waals surface area contributed by atoms with Crippen molar-refractivity contribution in [1.82, 2.24) is 20.0 Å². The lowest BCUT2D eigenvalue weighted by atomic mass is 10.2. The van der Waals surface area contributed by atoms with E-state index in [0.29, 0.717) is 29.5 Å². The summed E-state index contributed by atoms with van der Waals surface area (Å²) in [4.78, 5) is 12.0. The maximum atomic E-state index is 12.0. The van der Waals surface area contributed by atoms with Crippen LogP contribution in [0.1, 0.15) is 23.3 Å². The van der Waals surface area contributed by atoms with Crippen LogP contribution < -0.4 is 4.74 Å². The predicted octanol–water partition coefficient (Wildman–Crippen LogP) is 3.32. The Hall–Kier alpha value is -3.68. The Morgan fingerprint density at radius 2 is 1.89 bits per heavy atom. The average molecular weight is 378 g/mol. The summed E-state index contributed by atoms with van der Waals surface area (Å²) in [6.07, 6.45) is 0. The number of carbonyl (C=O) groups is 1. The highest BCUT2D eigenvalue weighted by Gasteiger charge is 2.19. The third-order valence-corrected chi connectivity index (χ3v) is 4.21. The van der Waals surface area contributed by atoms with E-state index in [1.54, 1.807) is 4.68 Å². The first kappa shape index (κ1) is 17.7.